The number of rotatable bonds is 3. The Labute approximate surface area is 144 Å². The number of piperidine rings is 1. The topological polar surface area (TPSA) is 74.7 Å². The average Bonchev–Trinajstić information content (AvgIpc) is 2.38. The lowest BCUT2D eigenvalue weighted by Gasteiger charge is -2.33. The Kier molecular flexibility index (Phi) is 5.36. The third kappa shape index (κ3) is 3.61. The van der Waals surface area contributed by atoms with Crippen LogP contribution in [-0.2, 0) is 10.0 Å². The molecule has 1 N–H and O–H groups in total. The van der Waals surface area contributed by atoms with Crippen molar-refractivity contribution < 1.29 is 18.3 Å². The van der Waals surface area contributed by atoms with Crippen LogP contribution in [0.15, 0.2) is 23.1 Å². The zero-order valence-electron chi connectivity index (χ0n) is 10.7. The van der Waals surface area contributed by atoms with Crippen LogP contribution in [0, 0.1) is 0 Å². The van der Waals surface area contributed by atoms with Crippen molar-refractivity contribution >= 4 is 59.5 Å². The summed E-state index contributed by atoms with van der Waals surface area (Å²) in [7, 11) is -3.76. The Balaban J connectivity index is 2.40. The zero-order valence-corrected chi connectivity index (χ0v) is 15.4. The number of halogens is 3. The molecule has 0 spiro atoms. The van der Waals surface area contributed by atoms with Gasteiger partial charge in [0.05, 0.1) is 20.4 Å². The van der Waals surface area contributed by atoms with Crippen molar-refractivity contribution in [3.63, 3.8) is 0 Å². The molecular formula is C12H12Br2ClNO4S. The van der Waals surface area contributed by atoms with E-state index in [0.717, 1.165) is 6.07 Å². The van der Waals surface area contributed by atoms with Crippen LogP contribution >= 0.6 is 43.5 Å². The van der Waals surface area contributed by atoms with Crippen LogP contribution in [-0.4, -0.2) is 40.1 Å². The molecule has 116 valence electrons. The number of hydrogen-bond donors (Lipinski definition) is 1. The molecule has 1 aliphatic heterocycles. The van der Waals surface area contributed by atoms with E-state index in [1.165, 1.54) is 16.4 Å². The molecule has 0 bridgehead atoms. The number of carboxylic acid groups (broad SMARTS) is 1. The van der Waals surface area contributed by atoms with Gasteiger partial charge < -0.3 is 5.11 Å². The number of carbonyl (C=O) groups is 1. The minimum Gasteiger partial charge on any atom is -0.478 e. The second kappa shape index (κ2) is 6.54. The Bertz CT molecular complexity index is 667. The van der Waals surface area contributed by atoms with Gasteiger partial charge in [-0.1, -0.05) is 43.5 Å². The predicted octanol–water partition coefficient (Wildman–Crippen LogP) is 3.31. The first-order valence-corrected chi connectivity index (χ1v) is 9.71. The van der Waals surface area contributed by atoms with Gasteiger partial charge in [0, 0.05) is 11.4 Å². The predicted molar refractivity (Wildman–Crippen MR) is 87.0 cm³/mol. The van der Waals surface area contributed by atoms with Crippen LogP contribution in [0.2, 0.25) is 5.02 Å². The lowest BCUT2D eigenvalue weighted by atomic mass is 10.2. The number of alkyl halides is 2. The van der Waals surface area contributed by atoms with E-state index in [9.17, 15) is 13.2 Å². The molecule has 0 aromatic heterocycles. The molecule has 1 aliphatic rings. The highest BCUT2D eigenvalue weighted by molar-refractivity contribution is 9.10. The molecule has 9 heteroatoms. The molecule has 2 unspecified atom stereocenters. The van der Waals surface area contributed by atoms with Gasteiger partial charge in [0.2, 0.25) is 10.0 Å². The molecule has 1 fully saturated rings. The fourth-order valence-electron chi connectivity index (χ4n) is 2.09. The van der Waals surface area contributed by atoms with Crippen LogP contribution in [0.1, 0.15) is 23.2 Å². The molecule has 5 nitrogen and oxygen atoms in total. The monoisotopic (exact) mass is 459 g/mol. The van der Waals surface area contributed by atoms with Crippen molar-refractivity contribution in [3.8, 4) is 0 Å². The first-order chi connectivity index (χ1) is 9.73. The lowest BCUT2D eigenvalue weighted by Crippen LogP contribution is -2.43. The van der Waals surface area contributed by atoms with Crippen molar-refractivity contribution in [2.24, 2.45) is 0 Å². The summed E-state index contributed by atoms with van der Waals surface area (Å²) in [5, 5.41) is 9.05. The summed E-state index contributed by atoms with van der Waals surface area (Å²) in [6, 6.07) is 3.71. The van der Waals surface area contributed by atoms with Crippen molar-refractivity contribution in [3.05, 3.63) is 28.8 Å². The average molecular weight is 462 g/mol. The number of nitrogens with zero attached hydrogens (tertiary/aromatic N) is 1. The first kappa shape index (κ1) is 17.2. The summed E-state index contributed by atoms with van der Waals surface area (Å²) < 4.78 is 26.6. The van der Waals surface area contributed by atoms with Gasteiger partial charge in [-0.15, -0.1) is 0 Å². The lowest BCUT2D eigenvalue weighted by molar-refractivity contribution is 0.0697. The van der Waals surface area contributed by atoms with Gasteiger partial charge in [0.15, 0.2) is 0 Å². The minimum atomic E-state index is -3.76. The van der Waals surface area contributed by atoms with Crippen LogP contribution in [0.25, 0.3) is 0 Å². The second-order valence-electron chi connectivity index (χ2n) is 4.62. The smallest absolute Gasteiger partial charge is 0.337 e. The Morgan fingerprint density at radius 1 is 1.38 bits per heavy atom. The molecule has 0 aliphatic carbocycles. The van der Waals surface area contributed by atoms with E-state index in [4.69, 9.17) is 16.7 Å². The fourth-order valence-corrected chi connectivity index (χ4v) is 6.17. The van der Waals surface area contributed by atoms with E-state index in [1.807, 2.05) is 0 Å². The summed E-state index contributed by atoms with van der Waals surface area (Å²) in [6.45, 7) is 0.360. The number of sulfonamides is 1. The van der Waals surface area contributed by atoms with E-state index < -0.39 is 16.0 Å². The maximum atomic E-state index is 12.6. The number of carboxylic acids is 1. The van der Waals surface area contributed by atoms with Gasteiger partial charge in [-0.05, 0) is 31.0 Å². The number of hydrogen-bond acceptors (Lipinski definition) is 3. The van der Waals surface area contributed by atoms with Crippen LogP contribution in [0.5, 0.6) is 0 Å². The molecule has 1 heterocycles. The van der Waals surface area contributed by atoms with E-state index in [1.54, 1.807) is 0 Å². The highest BCUT2D eigenvalue weighted by atomic mass is 79.9. The molecular weight excluding hydrogens is 449 g/mol. The van der Waals surface area contributed by atoms with Gasteiger partial charge in [0.25, 0.3) is 0 Å². The van der Waals surface area contributed by atoms with Crippen molar-refractivity contribution in [1.82, 2.24) is 4.31 Å². The summed E-state index contributed by atoms with van der Waals surface area (Å²) in [6.07, 6.45) is 1.33. The maximum absolute atomic E-state index is 12.6. The van der Waals surface area contributed by atoms with Gasteiger partial charge in [-0.2, -0.15) is 4.31 Å². The van der Waals surface area contributed by atoms with Crippen LogP contribution in [0.3, 0.4) is 0 Å². The molecule has 0 saturated carbocycles. The summed E-state index contributed by atoms with van der Waals surface area (Å²) >= 11 is 12.6. The quantitative estimate of drug-likeness (QED) is 0.554. The second-order valence-corrected chi connectivity index (χ2v) is 9.27. The van der Waals surface area contributed by atoms with E-state index in [2.05, 4.69) is 31.9 Å². The SMILES string of the molecule is O=C(O)c1cc(S(=O)(=O)N2CCC(Br)CC2Br)ccc1Cl. The number of aromatic carboxylic acids is 1. The molecule has 0 amide bonds. The molecule has 1 aromatic carbocycles. The van der Waals surface area contributed by atoms with Crippen LogP contribution < -0.4 is 0 Å². The molecule has 21 heavy (non-hydrogen) atoms. The Hall–Kier alpha value is -0.150. The third-order valence-electron chi connectivity index (χ3n) is 3.20. The van der Waals surface area contributed by atoms with E-state index in [0.29, 0.717) is 19.4 Å². The Morgan fingerprint density at radius 3 is 2.62 bits per heavy atom. The highest BCUT2D eigenvalue weighted by Gasteiger charge is 2.35. The standard InChI is InChI=1S/C12H12Br2ClNO4S/c13-7-3-4-16(11(14)5-7)21(19,20)8-1-2-10(15)9(6-8)12(17)18/h1-2,6-7,11H,3-5H2,(H,17,18). The largest absolute Gasteiger partial charge is 0.478 e. The first-order valence-electron chi connectivity index (χ1n) is 6.06. The van der Waals surface area contributed by atoms with Crippen molar-refractivity contribution in [2.45, 2.75) is 27.5 Å². The fraction of sp³-hybridized carbons (Fsp3) is 0.417. The molecule has 1 aromatic rings. The van der Waals surface area contributed by atoms with E-state index in [-0.39, 0.29) is 25.3 Å². The molecule has 0 radical (unpaired) electrons. The zero-order chi connectivity index (χ0) is 15.8. The third-order valence-corrected chi connectivity index (χ3v) is 7.40. The van der Waals surface area contributed by atoms with Crippen LogP contribution in [0.4, 0.5) is 0 Å². The highest BCUT2D eigenvalue weighted by Crippen LogP contribution is 2.32. The van der Waals surface area contributed by atoms with Gasteiger partial charge >= 0.3 is 5.97 Å². The summed E-state index contributed by atoms with van der Waals surface area (Å²) in [5.74, 6) is -1.26. The van der Waals surface area contributed by atoms with Gasteiger partial charge in [-0.25, -0.2) is 13.2 Å². The number of benzene rings is 1. The maximum Gasteiger partial charge on any atom is 0.337 e. The molecule has 2 atom stereocenters. The van der Waals surface area contributed by atoms with Crippen molar-refractivity contribution in [2.75, 3.05) is 6.54 Å². The van der Waals surface area contributed by atoms with Crippen molar-refractivity contribution in [1.29, 1.82) is 0 Å². The van der Waals surface area contributed by atoms with Gasteiger partial charge in [0.1, 0.15) is 0 Å². The van der Waals surface area contributed by atoms with Gasteiger partial charge in [-0.3, -0.25) is 0 Å². The molecule has 2 rings (SSSR count). The Morgan fingerprint density at radius 2 is 2.05 bits per heavy atom. The summed E-state index contributed by atoms with van der Waals surface area (Å²) in [5.41, 5.74) is -0.223. The molecule has 1 saturated heterocycles. The summed E-state index contributed by atoms with van der Waals surface area (Å²) in [4.78, 5) is 10.9. The van der Waals surface area contributed by atoms with E-state index >= 15 is 0 Å². The normalized spacial score (nSPS) is 24.0. The minimum absolute atomic E-state index is 0.0102.